The minimum absolute atomic E-state index is 0.325. The van der Waals surface area contributed by atoms with Crippen LogP contribution in [0.2, 0.25) is 0 Å². The van der Waals surface area contributed by atoms with Gasteiger partial charge in [-0.3, -0.25) is 5.41 Å². The first-order chi connectivity index (χ1) is 15.4. The fourth-order valence-corrected chi connectivity index (χ4v) is 5.40. The summed E-state index contributed by atoms with van der Waals surface area (Å²) in [7, 11) is 0. The highest BCUT2D eigenvalue weighted by Gasteiger charge is 2.78. The highest BCUT2D eigenvalue weighted by molar-refractivity contribution is 5.89. The van der Waals surface area contributed by atoms with E-state index >= 15 is 0 Å². The first-order valence-electron chi connectivity index (χ1n) is 11.7. The van der Waals surface area contributed by atoms with Gasteiger partial charge in [-0.25, -0.2) is 0 Å². The van der Waals surface area contributed by atoms with Crippen molar-refractivity contribution < 1.29 is 9.47 Å². The van der Waals surface area contributed by atoms with Crippen LogP contribution in [-0.2, 0) is 15.9 Å². The van der Waals surface area contributed by atoms with Crippen LogP contribution in [0.4, 0.5) is 0 Å². The molecule has 168 valence electrons. The number of fused-ring (bicyclic) bond motifs is 2. The van der Waals surface area contributed by atoms with E-state index in [2.05, 4.69) is 25.1 Å². The topological polar surface area (TPSA) is 114 Å². The molecule has 1 aromatic rings. The molecule has 4 unspecified atom stereocenters. The summed E-state index contributed by atoms with van der Waals surface area (Å²) < 4.78 is 12.2. The number of hydrogen-bond acceptors (Lipinski definition) is 6. The molecule has 32 heavy (non-hydrogen) atoms. The molecule has 0 saturated carbocycles. The Bertz CT molecular complexity index is 927. The Morgan fingerprint density at radius 1 is 0.938 bits per heavy atom. The Hall–Kier alpha value is -2.88. The van der Waals surface area contributed by atoms with Crippen LogP contribution in [-0.4, -0.2) is 17.8 Å². The summed E-state index contributed by atoms with van der Waals surface area (Å²) in [5, 5.41) is 39.5. The second-order valence-electron chi connectivity index (χ2n) is 9.16. The van der Waals surface area contributed by atoms with E-state index in [1.807, 2.05) is 30.3 Å². The number of unbranched alkanes of at least 4 members (excludes halogenated alkanes) is 6. The minimum atomic E-state index is -1.80. The van der Waals surface area contributed by atoms with Crippen molar-refractivity contribution in [2.75, 3.05) is 0 Å². The van der Waals surface area contributed by atoms with Gasteiger partial charge in [-0.2, -0.15) is 15.8 Å². The number of hydrogen-bond donors (Lipinski definition) is 1. The van der Waals surface area contributed by atoms with Gasteiger partial charge < -0.3 is 9.47 Å². The monoisotopic (exact) mass is 432 g/mol. The van der Waals surface area contributed by atoms with Gasteiger partial charge in [-0.05, 0) is 18.4 Å². The van der Waals surface area contributed by atoms with Gasteiger partial charge in [-0.1, -0.05) is 82.2 Å². The van der Waals surface area contributed by atoms with Gasteiger partial charge in [-0.15, -0.1) is 0 Å². The zero-order valence-corrected chi connectivity index (χ0v) is 19.1. The highest BCUT2D eigenvalue weighted by atomic mass is 16.7. The molecule has 2 heterocycles. The van der Waals surface area contributed by atoms with E-state index in [1.165, 1.54) is 25.7 Å². The maximum Gasteiger partial charge on any atom is 0.214 e. The number of benzene rings is 1. The summed E-state index contributed by atoms with van der Waals surface area (Å²) in [5.74, 6) is -2.20. The Morgan fingerprint density at radius 3 is 2.16 bits per heavy atom. The summed E-state index contributed by atoms with van der Waals surface area (Å²) in [4.78, 5) is 0. The normalized spacial score (nSPS) is 30.0. The Labute approximate surface area is 191 Å². The predicted molar refractivity (Wildman–Crippen MR) is 120 cm³/mol. The molecule has 0 spiro atoms. The van der Waals surface area contributed by atoms with Crippen LogP contribution in [0, 0.1) is 56.2 Å². The SMILES string of the molecule is CCCCCCCCCC1OC2(C)OC(=N)C(C#N)(C2Cc2ccccc2)C1(C#N)C#N. The molecule has 2 saturated heterocycles. The van der Waals surface area contributed by atoms with Gasteiger partial charge in [0.2, 0.25) is 11.7 Å². The molecule has 2 aliphatic rings. The fourth-order valence-electron chi connectivity index (χ4n) is 5.40. The van der Waals surface area contributed by atoms with Crippen molar-refractivity contribution in [3.8, 4) is 18.2 Å². The fraction of sp³-hybridized carbons (Fsp3) is 0.615. The standard InChI is InChI=1S/C26H32N4O2/c1-3-4-5-6-7-8-12-15-22-25(17-27,18-28)26(19-29)21(16-20-13-10-9-11-14-20)24(2,31-22)32-23(26)30/h9-11,13-14,21-22,30H,3-8,12,15-16H2,1-2H3. The molecule has 6 heteroatoms. The molecule has 1 N–H and O–H groups in total. The maximum absolute atomic E-state index is 10.4. The van der Waals surface area contributed by atoms with Gasteiger partial charge in [0, 0.05) is 6.92 Å². The Morgan fingerprint density at radius 2 is 1.56 bits per heavy atom. The van der Waals surface area contributed by atoms with Crippen LogP contribution in [0.15, 0.2) is 30.3 Å². The molecule has 2 fully saturated rings. The van der Waals surface area contributed by atoms with Crippen molar-refractivity contribution in [3.05, 3.63) is 35.9 Å². The summed E-state index contributed by atoms with van der Waals surface area (Å²) in [6.07, 6.45) is 7.80. The van der Waals surface area contributed by atoms with E-state index in [-0.39, 0.29) is 5.90 Å². The lowest BCUT2D eigenvalue weighted by Crippen LogP contribution is -2.62. The van der Waals surface area contributed by atoms with E-state index in [4.69, 9.17) is 14.9 Å². The van der Waals surface area contributed by atoms with Crippen molar-refractivity contribution in [3.63, 3.8) is 0 Å². The molecule has 2 bridgehead atoms. The molecule has 6 nitrogen and oxygen atoms in total. The van der Waals surface area contributed by atoms with Crippen LogP contribution in [0.5, 0.6) is 0 Å². The van der Waals surface area contributed by atoms with Gasteiger partial charge in [0.25, 0.3) is 0 Å². The average Bonchev–Trinajstić information content (AvgIpc) is 2.96. The number of ether oxygens (including phenoxy) is 2. The number of rotatable bonds is 10. The third-order valence-electron chi connectivity index (χ3n) is 7.18. The summed E-state index contributed by atoms with van der Waals surface area (Å²) in [6.45, 7) is 3.93. The second kappa shape index (κ2) is 9.72. The minimum Gasteiger partial charge on any atom is -0.448 e. The second-order valence-corrected chi connectivity index (χ2v) is 9.16. The average molecular weight is 433 g/mol. The van der Waals surface area contributed by atoms with Crippen LogP contribution in [0.3, 0.4) is 0 Å². The van der Waals surface area contributed by atoms with Crippen molar-refractivity contribution in [1.29, 1.82) is 21.2 Å². The third kappa shape index (κ3) is 3.76. The smallest absolute Gasteiger partial charge is 0.214 e. The molecule has 4 atom stereocenters. The molecular formula is C26H32N4O2. The molecule has 2 aliphatic heterocycles. The van der Waals surface area contributed by atoms with E-state index < -0.39 is 28.6 Å². The largest absolute Gasteiger partial charge is 0.448 e. The molecule has 0 radical (unpaired) electrons. The van der Waals surface area contributed by atoms with Crippen LogP contribution < -0.4 is 0 Å². The van der Waals surface area contributed by atoms with E-state index in [1.54, 1.807) is 6.92 Å². The summed E-state index contributed by atoms with van der Waals surface area (Å²) in [6, 6.07) is 16.1. The van der Waals surface area contributed by atoms with Gasteiger partial charge >= 0.3 is 0 Å². The van der Waals surface area contributed by atoms with Crippen molar-refractivity contribution in [2.45, 2.75) is 83.5 Å². The lowest BCUT2D eigenvalue weighted by Gasteiger charge is -2.48. The molecule has 1 aromatic carbocycles. The first kappa shape index (κ1) is 23.8. The van der Waals surface area contributed by atoms with Crippen molar-refractivity contribution >= 4 is 5.90 Å². The Kier molecular flexibility index (Phi) is 7.22. The van der Waals surface area contributed by atoms with Crippen LogP contribution in [0.1, 0.15) is 70.8 Å². The number of nitrogens with one attached hydrogen (secondary N) is 1. The Balaban J connectivity index is 1.88. The first-order valence-corrected chi connectivity index (χ1v) is 11.7. The van der Waals surface area contributed by atoms with Crippen molar-refractivity contribution in [2.24, 2.45) is 16.7 Å². The van der Waals surface area contributed by atoms with Crippen molar-refractivity contribution in [1.82, 2.24) is 0 Å². The molecule has 0 amide bonds. The number of nitriles is 3. The van der Waals surface area contributed by atoms with Gasteiger partial charge in [0.05, 0.1) is 30.2 Å². The molecular weight excluding hydrogens is 400 g/mol. The van der Waals surface area contributed by atoms with E-state index in [9.17, 15) is 15.8 Å². The molecule has 3 rings (SSSR count). The van der Waals surface area contributed by atoms with Crippen LogP contribution >= 0.6 is 0 Å². The maximum atomic E-state index is 10.4. The lowest BCUT2D eigenvalue weighted by atomic mass is 9.53. The highest BCUT2D eigenvalue weighted by Crippen LogP contribution is 2.63. The lowest BCUT2D eigenvalue weighted by molar-refractivity contribution is -0.270. The summed E-state index contributed by atoms with van der Waals surface area (Å²) >= 11 is 0. The molecule has 0 aromatic heterocycles. The summed E-state index contributed by atoms with van der Waals surface area (Å²) in [5.41, 5.74) is -2.53. The van der Waals surface area contributed by atoms with Gasteiger partial charge in [0.1, 0.15) is 0 Å². The molecule has 0 aliphatic carbocycles. The predicted octanol–water partition coefficient (Wildman–Crippen LogP) is 5.65. The zero-order valence-electron chi connectivity index (χ0n) is 19.1. The third-order valence-corrected chi connectivity index (χ3v) is 7.18. The van der Waals surface area contributed by atoms with Crippen LogP contribution in [0.25, 0.3) is 0 Å². The van der Waals surface area contributed by atoms with E-state index in [0.29, 0.717) is 12.8 Å². The van der Waals surface area contributed by atoms with E-state index in [0.717, 1.165) is 24.8 Å². The van der Waals surface area contributed by atoms with Gasteiger partial charge in [0.15, 0.2) is 10.8 Å². The number of nitrogens with zero attached hydrogens (tertiary/aromatic N) is 3. The zero-order chi connectivity index (χ0) is 23.2. The quantitative estimate of drug-likeness (QED) is 0.480.